The number of rotatable bonds is 8. The van der Waals surface area contributed by atoms with E-state index in [-0.39, 0.29) is 64.8 Å². The second kappa shape index (κ2) is 10.4. The van der Waals surface area contributed by atoms with E-state index in [4.69, 9.17) is 0 Å². The first-order valence-corrected chi connectivity index (χ1v) is 15.1. The van der Waals surface area contributed by atoms with Gasteiger partial charge in [0.1, 0.15) is 18.1 Å². The number of fused-ring (bicyclic) bond motifs is 1. The Bertz CT molecular complexity index is 1140. The number of likely N-dealkylation sites (tertiary alicyclic amines) is 2. The molecular formula is C30H45FN6O4. The van der Waals surface area contributed by atoms with Crippen molar-refractivity contribution in [1.82, 2.24) is 25.8 Å². The number of urea groups is 1. The summed E-state index contributed by atoms with van der Waals surface area (Å²) in [6, 6.07) is -0.648. The van der Waals surface area contributed by atoms with Crippen molar-refractivity contribution in [2.24, 2.45) is 34.5 Å². The van der Waals surface area contributed by atoms with Gasteiger partial charge in [0.25, 0.3) is 0 Å². The average molecular weight is 573 g/mol. The van der Waals surface area contributed by atoms with E-state index < -0.39 is 30.2 Å². The second-order valence-electron chi connectivity index (χ2n) is 14.8. The lowest BCUT2D eigenvalue weighted by atomic mass is 9.85. The Hall–Kier alpha value is -2.90. The third-order valence-corrected chi connectivity index (χ3v) is 10.5. The van der Waals surface area contributed by atoms with Gasteiger partial charge in [-0.2, -0.15) is 5.26 Å². The van der Waals surface area contributed by atoms with Crippen molar-refractivity contribution in [2.75, 3.05) is 26.3 Å². The van der Waals surface area contributed by atoms with Gasteiger partial charge in [-0.1, -0.05) is 34.6 Å². The predicted molar refractivity (Wildman–Crippen MR) is 149 cm³/mol. The van der Waals surface area contributed by atoms with Crippen LogP contribution in [0.1, 0.15) is 73.1 Å². The lowest BCUT2D eigenvalue weighted by Crippen LogP contribution is -2.61. The maximum Gasteiger partial charge on any atom is 0.318 e. The van der Waals surface area contributed by atoms with E-state index in [1.165, 1.54) is 0 Å². The van der Waals surface area contributed by atoms with E-state index in [1.54, 1.807) is 9.80 Å². The zero-order valence-corrected chi connectivity index (χ0v) is 25.0. The van der Waals surface area contributed by atoms with Crippen molar-refractivity contribution in [1.29, 1.82) is 5.26 Å². The SMILES string of the molecule is CC1(C)C2CN(C(=O)[C@@H](NC(=O)N3CCC(CCF)C3)C(C)(C)C)C(C(=O)N[C@H](C#N)C[C@@H]3CC4(CC4)NC3=O)C21. The van der Waals surface area contributed by atoms with Crippen LogP contribution in [-0.2, 0) is 14.4 Å². The summed E-state index contributed by atoms with van der Waals surface area (Å²) in [6.07, 6.45) is 4.00. The van der Waals surface area contributed by atoms with E-state index in [9.17, 15) is 28.8 Å². The van der Waals surface area contributed by atoms with Crippen LogP contribution in [-0.4, -0.2) is 83.5 Å². The predicted octanol–water partition coefficient (Wildman–Crippen LogP) is 2.34. The summed E-state index contributed by atoms with van der Waals surface area (Å²) < 4.78 is 12.8. The minimum absolute atomic E-state index is 0.0494. The topological polar surface area (TPSA) is 135 Å². The van der Waals surface area contributed by atoms with Crippen LogP contribution < -0.4 is 16.0 Å². The molecule has 5 amide bonds. The maximum atomic E-state index is 14.1. The number of carbonyl (C=O) groups excluding carboxylic acids is 4. The Labute approximate surface area is 242 Å². The molecule has 0 radical (unpaired) electrons. The summed E-state index contributed by atoms with van der Waals surface area (Å²) in [5.41, 5.74) is -0.856. The number of hydrogen-bond acceptors (Lipinski definition) is 5. The number of nitrogens with zero attached hydrogens (tertiary/aromatic N) is 3. The molecule has 11 heteroatoms. The van der Waals surface area contributed by atoms with Crippen molar-refractivity contribution in [3.8, 4) is 6.07 Å². The molecule has 4 unspecified atom stereocenters. The maximum absolute atomic E-state index is 14.1. The molecule has 2 aliphatic carbocycles. The lowest BCUT2D eigenvalue weighted by molar-refractivity contribution is -0.144. The Balaban J connectivity index is 1.28. The summed E-state index contributed by atoms with van der Waals surface area (Å²) in [4.78, 5) is 56.8. The van der Waals surface area contributed by atoms with Crippen LogP contribution in [0.4, 0.5) is 9.18 Å². The van der Waals surface area contributed by atoms with Gasteiger partial charge >= 0.3 is 6.03 Å². The number of alkyl halides is 1. The fourth-order valence-electron chi connectivity index (χ4n) is 7.58. The number of halogens is 1. The van der Waals surface area contributed by atoms with E-state index in [0.717, 1.165) is 19.3 Å². The average Bonchev–Trinajstić information content (AvgIpc) is 3.45. The van der Waals surface area contributed by atoms with Gasteiger partial charge in [-0.3, -0.25) is 18.8 Å². The molecule has 10 nitrogen and oxygen atoms in total. The monoisotopic (exact) mass is 572 g/mol. The first kappa shape index (κ1) is 29.6. The molecule has 226 valence electrons. The summed E-state index contributed by atoms with van der Waals surface area (Å²) in [5.74, 6) is -0.849. The zero-order chi connectivity index (χ0) is 29.9. The standard InChI is InChI=1S/C30H45FN6O4/c1-28(2,3)23(34-27(41)36-11-7-17(15-36)6-10-31)26(40)37-16-20-21(29(20,4)5)22(37)25(39)33-19(14-32)12-18-13-30(8-9-30)35-24(18)38/h17-23H,6-13,15-16H2,1-5H3,(H,33,39)(H,34,41)(H,35,38)/t17?,18-,19+,20?,21?,22?,23-/m1/s1. The summed E-state index contributed by atoms with van der Waals surface area (Å²) in [7, 11) is 0. The van der Waals surface area contributed by atoms with Gasteiger partial charge in [-0.05, 0) is 67.1 Å². The second-order valence-corrected chi connectivity index (χ2v) is 14.8. The molecule has 0 aromatic rings. The molecule has 0 aromatic carbocycles. The fourth-order valence-corrected chi connectivity index (χ4v) is 7.58. The highest BCUT2D eigenvalue weighted by molar-refractivity contribution is 5.94. The number of hydrogen-bond donors (Lipinski definition) is 3. The van der Waals surface area contributed by atoms with Crippen molar-refractivity contribution in [3.63, 3.8) is 0 Å². The van der Waals surface area contributed by atoms with Gasteiger partial charge in [-0.15, -0.1) is 0 Å². The number of piperidine rings is 1. The van der Waals surface area contributed by atoms with E-state index in [2.05, 4.69) is 35.9 Å². The molecule has 3 N–H and O–H groups in total. The van der Waals surface area contributed by atoms with Crippen LogP contribution >= 0.6 is 0 Å². The molecule has 7 atom stereocenters. The molecular weight excluding hydrogens is 527 g/mol. The third-order valence-electron chi connectivity index (χ3n) is 10.5. The molecule has 3 heterocycles. The van der Waals surface area contributed by atoms with Gasteiger partial charge in [0.15, 0.2) is 0 Å². The smallest absolute Gasteiger partial charge is 0.318 e. The largest absolute Gasteiger partial charge is 0.350 e. The summed E-state index contributed by atoms with van der Waals surface area (Å²) in [5, 5.41) is 18.7. The minimum Gasteiger partial charge on any atom is -0.350 e. The lowest BCUT2D eigenvalue weighted by Gasteiger charge is -2.38. The Morgan fingerprint density at radius 3 is 2.49 bits per heavy atom. The van der Waals surface area contributed by atoms with Crippen LogP contribution in [0.15, 0.2) is 0 Å². The van der Waals surface area contributed by atoms with Crippen molar-refractivity contribution in [3.05, 3.63) is 0 Å². The first-order valence-electron chi connectivity index (χ1n) is 15.1. The number of amides is 5. The molecule has 2 saturated carbocycles. The van der Waals surface area contributed by atoms with Crippen molar-refractivity contribution < 1.29 is 23.6 Å². The van der Waals surface area contributed by atoms with Gasteiger partial charge in [0.05, 0.1) is 12.7 Å². The zero-order valence-electron chi connectivity index (χ0n) is 25.0. The molecule has 0 aromatic heterocycles. The van der Waals surface area contributed by atoms with E-state index in [0.29, 0.717) is 32.5 Å². The molecule has 41 heavy (non-hydrogen) atoms. The van der Waals surface area contributed by atoms with Crippen LogP contribution in [0.2, 0.25) is 0 Å². The van der Waals surface area contributed by atoms with Crippen LogP contribution in [0.25, 0.3) is 0 Å². The van der Waals surface area contributed by atoms with E-state index >= 15 is 0 Å². The van der Waals surface area contributed by atoms with E-state index in [1.807, 2.05) is 20.8 Å². The first-order chi connectivity index (χ1) is 19.2. The van der Waals surface area contributed by atoms with Gasteiger partial charge in [0.2, 0.25) is 17.7 Å². The highest BCUT2D eigenvalue weighted by Gasteiger charge is 2.70. The molecule has 3 saturated heterocycles. The molecule has 3 aliphatic heterocycles. The van der Waals surface area contributed by atoms with Crippen molar-refractivity contribution >= 4 is 23.8 Å². The van der Waals surface area contributed by atoms with Crippen molar-refractivity contribution in [2.45, 2.75) is 96.8 Å². The Morgan fingerprint density at radius 2 is 1.90 bits per heavy atom. The summed E-state index contributed by atoms with van der Waals surface area (Å²) >= 11 is 0. The van der Waals surface area contributed by atoms with Crippen LogP contribution in [0.5, 0.6) is 0 Å². The number of nitriles is 1. The fraction of sp³-hybridized carbons (Fsp3) is 0.833. The molecule has 5 aliphatic rings. The Kier molecular flexibility index (Phi) is 7.52. The number of nitrogens with one attached hydrogen (secondary N) is 3. The highest BCUT2D eigenvalue weighted by Crippen LogP contribution is 2.65. The van der Waals surface area contributed by atoms with Crippen LogP contribution in [0.3, 0.4) is 0 Å². The quantitative estimate of drug-likeness (QED) is 0.411. The Morgan fingerprint density at radius 1 is 1.20 bits per heavy atom. The van der Waals surface area contributed by atoms with Crippen LogP contribution in [0, 0.1) is 45.8 Å². The van der Waals surface area contributed by atoms with Gasteiger partial charge in [0, 0.05) is 31.1 Å². The number of carbonyl (C=O) groups is 4. The highest BCUT2D eigenvalue weighted by atomic mass is 19.1. The molecule has 5 fully saturated rings. The normalized spacial score (nSPS) is 32.1. The minimum atomic E-state index is -0.866. The molecule has 5 rings (SSSR count). The molecule has 1 spiro atoms. The van der Waals surface area contributed by atoms with Gasteiger partial charge < -0.3 is 25.8 Å². The molecule has 0 bridgehead atoms. The summed E-state index contributed by atoms with van der Waals surface area (Å²) in [6.45, 7) is 10.8. The van der Waals surface area contributed by atoms with Gasteiger partial charge in [-0.25, -0.2) is 4.79 Å². The third kappa shape index (κ3) is 5.63.